The second-order valence-corrected chi connectivity index (χ2v) is 9.68. The number of hydrogen-bond donors (Lipinski definition) is 1. The Labute approximate surface area is 199 Å². The number of rotatable bonds is 4. The lowest BCUT2D eigenvalue weighted by molar-refractivity contribution is -0.127. The minimum Gasteiger partial charge on any atom is -0.497 e. The Balaban J connectivity index is 1.62. The SMILES string of the molecule is COc1ccc2c(c1)[C@]1(C(=O)N2)C(C(=O)c2ccc(C)cc2)C(c2ccccc2)C2CCCN21. The first-order chi connectivity index (χ1) is 16.6. The van der Waals surface area contributed by atoms with E-state index in [4.69, 9.17) is 4.74 Å². The van der Waals surface area contributed by atoms with E-state index in [1.165, 1.54) is 0 Å². The topological polar surface area (TPSA) is 58.6 Å². The molecule has 3 aliphatic heterocycles. The molecule has 0 aromatic heterocycles. The highest BCUT2D eigenvalue weighted by molar-refractivity contribution is 6.12. The smallest absolute Gasteiger partial charge is 0.250 e. The third-order valence-corrected chi connectivity index (χ3v) is 8.01. The summed E-state index contributed by atoms with van der Waals surface area (Å²) in [6, 6.07) is 23.8. The number of benzene rings is 3. The highest BCUT2D eigenvalue weighted by Crippen LogP contribution is 2.61. The van der Waals surface area contributed by atoms with Crippen molar-refractivity contribution in [2.24, 2.45) is 5.92 Å². The highest BCUT2D eigenvalue weighted by Gasteiger charge is 2.69. The fourth-order valence-electron chi connectivity index (χ4n) is 6.61. The van der Waals surface area contributed by atoms with Crippen LogP contribution in [0.2, 0.25) is 0 Å². The quantitative estimate of drug-likeness (QED) is 0.572. The van der Waals surface area contributed by atoms with Gasteiger partial charge in [0.25, 0.3) is 0 Å². The molecule has 0 bridgehead atoms. The normalized spacial score (nSPS) is 27.5. The van der Waals surface area contributed by atoms with Crippen molar-refractivity contribution in [1.82, 2.24) is 4.90 Å². The summed E-state index contributed by atoms with van der Waals surface area (Å²) in [6.45, 7) is 2.80. The standard InChI is InChI=1S/C29H28N2O3/c1-18-10-12-20(13-11-18)27(32)26-25(19-7-4-3-5-8-19)24-9-6-16-31(24)29(26)22-17-21(34-2)14-15-23(22)30-28(29)33/h3-5,7-8,10-15,17,24-26H,6,9,16H2,1-2H3,(H,30,33)/t24?,25?,26?,29-/m1/s1. The van der Waals surface area contributed by atoms with Crippen LogP contribution >= 0.6 is 0 Å². The van der Waals surface area contributed by atoms with Crippen LogP contribution in [-0.4, -0.2) is 36.3 Å². The van der Waals surface area contributed by atoms with E-state index in [0.717, 1.165) is 41.8 Å². The van der Waals surface area contributed by atoms with Gasteiger partial charge in [0.1, 0.15) is 11.3 Å². The monoisotopic (exact) mass is 452 g/mol. The number of carbonyl (C=O) groups excluding carboxylic acids is 2. The van der Waals surface area contributed by atoms with Gasteiger partial charge in [-0.05, 0) is 50.1 Å². The maximum absolute atomic E-state index is 14.4. The zero-order valence-corrected chi connectivity index (χ0v) is 19.5. The predicted molar refractivity (Wildman–Crippen MR) is 131 cm³/mol. The van der Waals surface area contributed by atoms with Gasteiger partial charge in [-0.15, -0.1) is 0 Å². The molecule has 1 amide bonds. The molecule has 3 unspecified atom stereocenters. The van der Waals surface area contributed by atoms with Gasteiger partial charge in [-0.3, -0.25) is 14.5 Å². The lowest BCUT2D eigenvalue weighted by Gasteiger charge is -2.37. The van der Waals surface area contributed by atoms with Gasteiger partial charge in [-0.25, -0.2) is 0 Å². The molecule has 4 atom stereocenters. The van der Waals surface area contributed by atoms with Gasteiger partial charge in [0.2, 0.25) is 5.91 Å². The number of ether oxygens (including phenoxy) is 1. The van der Waals surface area contributed by atoms with E-state index < -0.39 is 11.5 Å². The Bertz CT molecular complexity index is 1270. The average molecular weight is 453 g/mol. The maximum atomic E-state index is 14.4. The first-order valence-electron chi connectivity index (χ1n) is 12.0. The molecule has 1 spiro atoms. The van der Waals surface area contributed by atoms with Crippen molar-refractivity contribution in [1.29, 1.82) is 0 Å². The number of hydrogen-bond acceptors (Lipinski definition) is 4. The van der Waals surface area contributed by atoms with E-state index in [0.29, 0.717) is 11.3 Å². The lowest BCUT2D eigenvalue weighted by atomic mass is 9.68. The van der Waals surface area contributed by atoms with Gasteiger partial charge in [0.15, 0.2) is 5.78 Å². The molecule has 0 radical (unpaired) electrons. The summed E-state index contributed by atoms with van der Waals surface area (Å²) in [5.74, 6) is -0.0210. The molecule has 172 valence electrons. The molecule has 0 saturated carbocycles. The summed E-state index contributed by atoms with van der Waals surface area (Å²) in [5, 5.41) is 3.12. The summed E-state index contributed by atoms with van der Waals surface area (Å²) in [6.07, 6.45) is 1.97. The van der Waals surface area contributed by atoms with E-state index in [-0.39, 0.29) is 23.7 Å². The van der Waals surface area contributed by atoms with Crippen LogP contribution in [0.5, 0.6) is 5.75 Å². The summed E-state index contributed by atoms with van der Waals surface area (Å²) >= 11 is 0. The minimum atomic E-state index is -1.06. The Morgan fingerprint density at radius 3 is 2.56 bits per heavy atom. The third-order valence-electron chi connectivity index (χ3n) is 8.01. The van der Waals surface area contributed by atoms with Crippen molar-refractivity contribution >= 4 is 17.4 Å². The molecule has 2 fully saturated rings. The zero-order chi connectivity index (χ0) is 23.4. The lowest BCUT2D eigenvalue weighted by Crippen LogP contribution is -2.52. The number of nitrogens with zero attached hydrogens (tertiary/aromatic N) is 1. The van der Waals surface area contributed by atoms with Crippen LogP contribution in [-0.2, 0) is 10.3 Å². The van der Waals surface area contributed by atoms with Gasteiger partial charge in [-0.1, -0.05) is 60.2 Å². The fraction of sp³-hybridized carbons (Fsp3) is 0.310. The fourth-order valence-corrected chi connectivity index (χ4v) is 6.61. The molecule has 3 aromatic carbocycles. The van der Waals surface area contributed by atoms with Crippen LogP contribution < -0.4 is 10.1 Å². The van der Waals surface area contributed by atoms with Crippen molar-refractivity contribution in [3.8, 4) is 5.75 Å². The second kappa shape index (κ2) is 7.81. The highest BCUT2D eigenvalue weighted by atomic mass is 16.5. The molecule has 5 nitrogen and oxygen atoms in total. The minimum absolute atomic E-state index is 0.0223. The summed E-state index contributed by atoms with van der Waals surface area (Å²) in [4.78, 5) is 30.8. The molecule has 6 rings (SSSR count). The number of Topliss-reactive ketones (excluding diaryl/α,β-unsaturated/α-hetero) is 1. The number of fused-ring (bicyclic) bond motifs is 4. The number of aryl methyl sites for hydroxylation is 1. The van der Waals surface area contributed by atoms with Crippen LogP contribution in [0.15, 0.2) is 72.8 Å². The number of carbonyl (C=O) groups is 2. The van der Waals surface area contributed by atoms with E-state index in [1.807, 2.05) is 67.6 Å². The Kier molecular flexibility index (Phi) is 4.85. The number of anilines is 1. The molecule has 0 aliphatic carbocycles. The van der Waals surface area contributed by atoms with Gasteiger partial charge in [0, 0.05) is 28.8 Å². The number of nitrogens with one attached hydrogen (secondary N) is 1. The van der Waals surface area contributed by atoms with E-state index in [1.54, 1.807) is 7.11 Å². The summed E-state index contributed by atoms with van der Waals surface area (Å²) < 4.78 is 5.55. The van der Waals surface area contributed by atoms with Crippen LogP contribution in [0.3, 0.4) is 0 Å². The van der Waals surface area contributed by atoms with Crippen LogP contribution in [0.4, 0.5) is 5.69 Å². The molecule has 3 heterocycles. The van der Waals surface area contributed by atoms with Crippen molar-refractivity contribution in [2.75, 3.05) is 19.0 Å². The van der Waals surface area contributed by atoms with Crippen LogP contribution in [0, 0.1) is 12.8 Å². The maximum Gasteiger partial charge on any atom is 0.250 e. The molecule has 3 aromatic rings. The molecule has 3 aliphatic rings. The van der Waals surface area contributed by atoms with Crippen molar-refractivity contribution in [3.05, 3.63) is 95.1 Å². The predicted octanol–water partition coefficient (Wildman–Crippen LogP) is 4.91. The third kappa shape index (κ3) is 2.83. The van der Waals surface area contributed by atoms with E-state index >= 15 is 0 Å². The van der Waals surface area contributed by atoms with Crippen molar-refractivity contribution in [2.45, 2.75) is 37.3 Å². The molecule has 1 N–H and O–H groups in total. The Morgan fingerprint density at radius 2 is 1.82 bits per heavy atom. The van der Waals surface area contributed by atoms with Crippen molar-refractivity contribution < 1.29 is 14.3 Å². The summed E-state index contributed by atoms with van der Waals surface area (Å²) in [7, 11) is 1.63. The first kappa shape index (κ1) is 21.1. The van der Waals surface area contributed by atoms with Crippen LogP contribution in [0.1, 0.15) is 45.8 Å². The molecule has 5 heteroatoms. The van der Waals surface area contributed by atoms with Crippen LogP contribution in [0.25, 0.3) is 0 Å². The van der Waals surface area contributed by atoms with Gasteiger partial charge in [0.05, 0.1) is 13.0 Å². The van der Waals surface area contributed by atoms with Gasteiger partial charge < -0.3 is 10.1 Å². The Morgan fingerprint density at radius 1 is 1.06 bits per heavy atom. The molecule has 2 saturated heterocycles. The average Bonchev–Trinajstić information content (AvgIpc) is 3.52. The number of methoxy groups -OCH3 is 1. The van der Waals surface area contributed by atoms with E-state index in [9.17, 15) is 9.59 Å². The molecular weight excluding hydrogens is 424 g/mol. The Hall–Kier alpha value is -3.44. The number of amides is 1. The number of ketones is 1. The van der Waals surface area contributed by atoms with Gasteiger partial charge >= 0.3 is 0 Å². The van der Waals surface area contributed by atoms with Crippen molar-refractivity contribution in [3.63, 3.8) is 0 Å². The molecular formula is C29H28N2O3. The first-order valence-corrected chi connectivity index (χ1v) is 12.0. The summed E-state index contributed by atoms with van der Waals surface area (Å²) in [5.41, 5.74) is 3.44. The zero-order valence-electron chi connectivity index (χ0n) is 19.5. The largest absolute Gasteiger partial charge is 0.497 e. The molecule has 34 heavy (non-hydrogen) atoms. The van der Waals surface area contributed by atoms with E-state index in [2.05, 4.69) is 22.3 Å². The van der Waals surface area contributed by atoms with Gasteiger partial charge in [-0.2, -0.15) is 0 Å². The second-order valence-electron chi connectivity index (χ2n) is 9.68.